The first-order valence-electron chi connectivity index (χ1n) is 8.64. The zero-order chi connectivity index (χ0) is 18.8. The molecule has 2 unspecified atom stereocenters. The van der Waals surface area contributed by atoms with Gasteiger partial charge in [-0.15, -0.1) is 0 Å². The van der Waals surface area contributed by atoms with Gasteiger partial charge in [0.05, 0.1) is 23.2 Å². The molecule has 142 valence electrons. The number of nitrogens with one attached hydrogen (secondary N) is 3. The molecule has 9 heteroatoms. The highest BCUT2D eigenvalue weighted by Crippen LogP contribution is 2.33. The molecule has 2 aromatic rings. The van der Waals surface area contributed by atoms with Crippen LogP contribution in [0.15, 0.2) is 44.4 Å². The Labute approximate surface area is 168 Å². The summed E-state index contributed by atoms with van der Waals surface area (Å²) in [7, 11) is 0. The van der Waals surface area contributed by atoms with Crippen LogP contribution in [-0.4, -0.2) is 36.1 Å². The summed E-state index contributed by atoms with van der Waals surface area (Å²) < 4.78 is 20.9. The second-order valence-electron chi connectivity index (χ2n) is 6.39. The van der Waals surface area contributed by atoms with Crippen molar-refractivity contribution in [3.63, 3.8) is 0 Å². The molecule has 2 aliphatic rings. The molecule has 3 heterocycles. The van der Waals surface area contributed by atoms with Gasteiger partial charge in [0.25, 0.3) is 0 Å². The van der Waals surface area contributed by atoms with Crippen molar-refractivity contribution in [2.24, 2.45) is 0 Å². The van der Waals surface area contributed by atoms with Crippen LogP contribution in [0, 0.1) is 0 Å². The maximum Gasteiger partial charge on any atom is 0.312 e. The molecule has 7 nitrogen and oxygen atoms in total. The third-order valence-corrected chi connectivity index (χ3v) is 5.26. The lowest BCUT2D eigenvalue weighted by Crippen LogP contribution is -2.31. The topological polar surface area (TPSA) is 88.4 Å². The highest BCUT2D eigenvalue weighted by Gasteiger charge is 2.26. The number of carbonyl (C=O) groups is 1. The van der Waals surface area contributed by atoms with Gasteiger partial charge in [-0.25, -0.2) is 9.87 Å². The van der Waals surface area contributed by atoms with Gasteiger partial charge in [-0.1, -0.05) is 6.08 Å². The molecular weight excluding hydrogens is 466 g/mol. The van der Waals surface area contributed by atoms with Crippen molar-refractivity contribution in [3.8, 4) is 0 Å². The van der Waals surface area contributed by atoms with E-state index in [1.165, 1.54) is 6.08 Å². The van der Waals surface area contributed by atoms with E-state index >= 15 is 0 Å². The Bertz CT molecular complexity index is 920. The van der Waals surface area contributed by atoms with Crippen molar-refractivity contribution in [3.05, 3.63) is 45.8 Å². The summed E-state index contributed by atoms with van der Waals surface area (Å²) in [5, 5.41) is 6.87. The molecule has 0 saturated carbocycles. The number of hydrogen-bond acceptors (Lipinski definition) is 6. The summed E-state index contributed by atoms with van der Waals surface area (Å²) in [6, 6.07) is 1.09. The lowest BCUT2D eigenvalue weighted by atomic mass is 10.1. The average molecular weight is 484 g/mol. The molecule has 1 aliphatic heterocycles. The molecule has 1 saturated heterocycles. The third-order valence-electron chi connectivity index (χ3n) is 4.50. The lowest BCUT2D eigenvalue weighted by molar-refractivity contribution is -0.00814. The summed E-state index contributed by atoms with van der Waals surface area (Å²) >= 11 is 2.08. The first kappa shape index (κ1) is 18.4. The fraction of sp³-hybridized carbons (Fsp3) is 0.333. The van der Waals surface area contributed by atoms with Gasteiger partial charge < -0.3 is 15.1 Å². The first-order valence-corrected chi connectivity index (χ1v) is 9.72. The van der Waals surface area contributed by atoms with E-state index in [1.54, 1.807) is 18.5 Å². The average Bonchev–Trinajstić information content (AvgIpc) is 3.30. The Morgan fingerprint density at radius 3 is 3.15 bits per heavy atom. The zero-order valence-corrected chi connectivity index (χ0v) is 16.5. The number of fused-ring (bicyclic) bond motifs is 1. The molecule has 1 fully saturated rings. The second kappa shape index (κ2) is 7.95. The minimum Gasteiger partial charge on any atom is -0.448 e. The van der Waals surface area contributed by atoms with Crippen molar-refractivity contribution < 1.29 is 18.4 Å². The minimum atomic E-state index is -0.573. The van der Waals surface area contributed by atoms with Crippen molar-refractivity contribution in [2.45, 2.75) is 25.0 Å². The maximum atomic E-state index is 14.4. The first-order chi connectivity index (χ1) is 13.1. The largest absolute Gasteiger partial charge is 0.448 e. The monoisotopic (exact) mass is 484 g/mol. The van der Waals surface area contributed by atoms with E-state index in [-0.39, 0.29) is 17.7 Å². The Morgan fingerprint density at radius 2 is 2.37 bits per heavy atom. The molecular formula is C18H18FIN4O3. The van der Waals surface area contributed by atoms with E-state index < -0.39 is 11.9 Å². The third kappa shape index (κ3) is 3.99. The molecule has 27 heavy (non-hydrogen) atoms. The van der Waals surface area contributed by atoms with Crippen molar-refractivity contribution in [1.82, 2.24) is 15.8 Å². The number of allylic oxidation sites excluding steroid dienone is 2. The number of aromatic nitrogens is 1. The Hall–Kier alpha value is -1.98. The molecule has 0 bridgehead atoms. The van der Waals surface area contributed by atoms with Gasteiger partial charge in [0.15, 0.2) is 0 Å². The number of pyridine rings is 1. The van der Waals surface area contributed by atoms with Crippen LogP contribution < -0.4 is 16.1 Å². The van der Waals surface area contributed by atoms with Crippen LogP contribution in [0.1, 0.15) is 23.4 Å². The van der Waals surface area contributed by atoms with Crippen LogP contribution in [0.5, 0.6) is 0 Å². The predicted molar refractivity (Wildman–Crippen MR) is 107 cm³/mol. The fourth-order valence-corrected chi connectivity index (χ4v) is 3.65. The van der Waals surface area contributed by atoms with E-state index in [1.807, 2.05) is 6.08 Å². The smallest absolute Gasteiger partial charge is 0.312 e. The van der Waals surface area contributed by atoms with E-state index in [0.29, 0.717) is 29.6 Å². The molecule has 0 radical (unpaired) electrons. The number of furan rings is 1. The van der Waals surface area contributed by atoms with Crippen LogP contribution in [0.3, 0.4) is 0 Å². The van der Waals surface area contributed by atoms with Gasteiger partial charge in [-0.3, -0.25) is 14.6 Å². The maximum absolute atomic E-state index is 14.4. The number of rotatable bonds is 5. The summed E-state index contributed by atoms with van der Waals surface area (Å²) in [5.41, 5.74) is 3.34. The predicted octanol–water partition coefficient (Wildman–Crippen LogP) is 3.21. The quantitative estimate of drug-likeness (QED) is 0.447. The highest BCUT2D eigenvalue weighted by molar-refractivity contribution is 14.1. The summed E-state index contributed by atoms with van der Waals surface area (Å²) in [6.45, 7) is 1.53. The minimum absolute atomic E-state index is 0.0426. The number of anilines is 1. The Morgan fingerprint density at radius 1 is 1.48 bits per heavy atom. The normalized spacial score (nSPS) is 22.4. The molecule has 1 aliphatic carbocycles. The van der Waals surface area contributed by atoms with Crippen molar-refractivity contribution >= 4 is 45.2 Å². The molecule has 2 aromatic heterocycles. The molecule has 4 rings (SSSR count). The number of carbonyl (C=O) groups excluding carboxylic acids is 1. The Balaban J connectivity index is 1.59. The SMILES string of the molecule is O=C(NOC1CCNC1)c1oc2ccncc2c1NC1CC=C(I)C=C1F. The summed E-state index contributed by atoms with van der Waals surface area (Å²) in [4.78, 5) is 22.2. The molecule has 0 aromatic carbocycles. The van der Waals surface area contributed by atoms with Crippen LogP contribution in [0.25, 0.3) is 11.0 Å². The number of nitrogens with zero attached hydrogens (tertiary/aromatic N) is 1. The van der Waals surface area contributed by atoms with Gasteiger partial charge in [0.2, 0.25) is 5.76 Å². The Kier molecular flexibility index (Phi) is 5.41. The van der Waals surface area contributed by atoms with Gasteiger partial charge in [0.1, 0.15) is 11.4 Å². The van der Waals surface area contributed by atoms with E-state index in [0.717, 1.165) is 16.5 Å². The number of hydrogen-bond donors (Lipinski definition) is 3. The molecule has 3 N–H and O–H groups in total. The van der Waals surface area contributed by atoms with E-state index in [9.17, 15) is 9.18 Å². The molecule has 0 spiro atoms. The zero-order valence-electron chi connectivity index (χ0n) is 14.3. The van der Waals surface area contributed by atoms with Crippen molar-refractivity contribution in [2.75, 3.05) is 18.4 Å². The molecule has 1 amide bonds. The van der Waals surface area contributed by atoms with Crippen LogP contribution >= 0.6 is 22.6 Å². The number of hydroxylamine groups is 1. The van der Waals surface area contributed by atoms with Gasteiger partial charge in [-0.05, 0) is 54.1 Å². The van der Waals surface area contributed by atoms with E-state index in [4.69, 9.17) is 9.25 Å². The highest BCUT2D eigenvalue weighted by atomic mass is 127. The van der Waals surface area contributed by atoms with Crippen LogP contribution in [0.2, 0.25) is 0 Å². The van der Waals surface area contributed by atoms with Crippen LogP contribution in [0.4, 0.5) is 10.1 Å². The van der Waals surface area contributed by atoms with Crippen molar-refractivity contribution in [1.29, 1.82) is 0 Å². The number of amides is 1. The second-order valence-corrected chi connectivity index (χ2v) is 7.64. The van der Waals surface area contributed by atoms with E-state index in [2.05, 4.69) is 43.7 Å². The fourth-order valence-electron chi connectivity index (χ4n) is 3.09. The lowest BCUT2D eigenvalue weighted by Gasteiger charge is -2.20. The summed E-state index contributed by atoms with van der Waals surface area (Å²) in [5.74, 6) is -0.772. The van der Waals surface area contributed by atoms with Gasteiger partial charge in [-0.2, -0.15) is 0 Å². The van der Waals surface area contributed by atoms with Gasteiger partial charge >= 0.3 is 5.91 Å². The number of halogens is 2. The standard InChI is InChI=1S/C18H18FIN4O3/c19-13-7-10(20)1-2-14(13)23-16-12-9-22-6-4-15(12)26-17(16)18(25)24-27-11-3-5-21-8-11/h1,4,6-7,9,11,14,21,23H,2-3,5,8H2,(H,24,25). The van der Waals surface area contributed by atoms with Gasteiger partial charge in [0, 0.05) is 22.5 Å². The molecule has 2 atom stereocenters. The van der Waals surface area contributed by atoms with Crippen LogP contribution in [-0.2, 0) is 4.84 Å². The summed E-state index contributed by atoms with van der Waals surface area (Å²) in [6.07, 6.45) is 7.77.